The van der Waals surface area contributed by atoms with Crippen molar-refractivity contribution in [3.8, 4) is 0 Å². The van der Waals surface area contributed by atoms with Gasteiger partial charge in [-0.05, 0) is 0 Å². The van der Waals surface area contributed by atoms with Crippen LogP contribution in [0.25, 0.3) is 0 Å². The van der Waals surface area contributed by atoms with Crippen molar-refractivity contribution in [3.05, 3.63) is 0 Å². The van der Waals surface area contributed by atoms with E-state index in [1.165, 1.54) is 22.9 Å². The van der Waals surface area contributed by atoms with E-state index in [9.17, 15) is 18.0 Å². The molecule has 2 unspecified atom stereocenters. The summed E-state index contributed by atoms with van der Waals surface area (Å²) in [6.07, 6.45) is 0. The van der Waals surface area contributed by atoms with E-state index in [0.717, 1.165) is 50.0 Å². The maximum Gasteiger partial charge on any atom is 0.279 e. The average molecular weight is 765 g/mol. The Hall–Kier alpha value is 1.30. The molecule has 0 radical (unpaired) electrons. The Kier molecular flexibility index (Phi) is 35.3. The first-order valence-corrected chi connectivity index (χ1v) is 23.9. The first-order valence-electron chi connectivity index (χ1n) is 12.2. The lowest BCUT2D eigenvalue weighted by Crippen LogP contribution is -2.22. The van der Waals surface area contributed by atoms with Gasteiger partial charge in [-0.3, -0.25) is 28.0 Å². The van der Waals surface area contributed by atoms with Crippen molar-refractivity contribution in [1.29, 1.82) is 0 Å². The molecule has 20 heteroatoms. The van der Waals surface area contributed by atoms with E-state index in [4.69, 9.17) is 10.2 Å². The highest BCUT2D eigenvalue weighted by Gasteiger charge is 2.03. The molecule has 2 atom stereocenters. The second kappa shape index (κ2) is 34.2. The van der Waals surface area contributed by atoms with Crippen LogP contribution in [0.15, 0.2) is 9.98 Å². The fourth-order valence-corrected chi connectivity index (χ4v) is 11.2. The van der Waals surface area contributed by atoms with E-state index in [1.54, 1.807) is 70.6 Å². The smallest absolute Gasteiger partial charge is 0.279 e. The summed E-state index contributed by atoms with van der Waals surface area (Å²) in [6, 6.07) is 0. The second-order valence-corrected chi connectivity index (χ2v) is 19.9. The predicted molar refractivity (Wildman–Crippen MR) is 198 cm³/mol. The van der Waals surface area contributed by atoms with Gasteiger partial charge in [-0.1, -0.05) is 23.5 Å². The number of hydrogen-bond donors (Lipinski definition) is 4. The third kappa shape index (κ3) is 34.0. The second-order valence-electron chi connectivity index (χ2n) is 6.99. The quantitative estimate of drug-likeness (QED) is 0.0397. The van der Waals surface area contributed by atoms with Gasteiger partial charge in [-0.25, -0.2) is 0 Å². The van der Waals surface area contributed by atoms with Gasteiger partial charge in [0.1, 0.15) is 0 Å². The number of nitrogens with one attached hydrogen (secondary N) is 2. The van der Waals surface area contributed by atoms with E-state index >= 15 is 0 Å². The Balaban J connectivity index is 3.43. The number of aliphatic hydroxyl groups is 2. The van der Waals surface area contributed by atoms with Crippen molar-refractivity contribution in [2.24, 2.45) is 9.98 Å². The summed E-state index contributed by atoms with van der Waals surface area (Å²) in [5, 5.41) is 26.6. The molecule has 0 rings (SSSR count). The predicted octanol–water partition coefficient (Wildman–Crippen LogP) is 3.60. The largest absolute Gasteiger partial charge is 0.396 e. The van der Waals surface area contributed by atoms with Gasteiger partial charge in [0.05, 0.1) is 56.7 Å². The molecule has 0 aromatic rings. The lowest BCUT2D eigenvalue weighted by atomic mass is 10.8. The van der Waals surface area contributed by atoms with Crippen LogP contribution in [0.4, 0.5) is 9.59 Å². The molecule has 0 aliphatic carbocycles. The van der Waals surface area contributed by atoms with Gasteiger partial charge < -0.3 is 20.8 Å². The van der Waals surface area contributed by atoms with Crippen LogP contribution in [0, 0.1) is 0 Å². The zero-order valence-electron chi connectivity index (χ0n) is 22.7. The molecule has 0 aromatic carbocycles. The summed E-state index contributed by atoms with van der Waals surface area (Å²) in [5.41, 5.74) is 2.91. The number of hydrogen-bond acceptors (Lipinski definition) is 16. The molecule has 0 fully saturated rings. The zero-order valence-corrected chi connectivity index (χ0v) is 30.8. The van der Waals surface area contributed by atoms with Gasteiger partial charge in [-0.2, -0.15) is 0 Å². The van der Waals surface area contributed by atoms with Gasteiger partial charge in [0, 0.05) is 75.3 Å². The fourth-order valence-electron chi connectivity index (χ4n) is 2.03. The van der Waals surface area contributed by atoms with Crippen LogP contribution in [0.3, 0.4) is 0 Å². The summed E-state index contributed by atoms with van der Waals surface area (Å²) >= 11 is 12.5. The number of aliphatic hydroxyl groups excluding tert-OH is 2. The molecule has 0 saturated heterocycles. The Labute approximate surface area is 283 Å². The van der Waals surface area contributed by atoms with E-state index in [1.807, 2.05) is 0 Å². The number of thioether (sulfide) groups is 8. The molecule has 41 heavy (non-hydrogen) atoms. The topological polar surface area (TPSA) is 158 Å². The van der Waals surface area contributed by atoms with Crippen molar-refractivity contribution in [3.63, 3.8) is 0 Å². The van der Waals surface area contributed by atoms with Crippen molar-refractivity contribution in [1.82, 2.24) is 10.6 Å². The average Bonchev–Trinajstić information content (AvgIpc) is 2.95. The maximum atomic E-state index is 12.0. The lowest BCUT2D eigenvalue weighted by Gasteiger charge is -2.05. The summed E-state index contributed by atoms with van der Waals surface area (Å²) in [6.45, 7) is 2.37. The molecule has 0 saturated carbocycles. The Morgan fingerprint density at radius 1 is 0.634 bits per heavy atom. The molecule has 0 aliphatic rings. The normalized spacial score (nSPS) is 13.1. The third-order valence-electron chi connectivity index (χ3n) is 3.73. The summed E-state index contributed by atoms with van der Waals surface area (Å²) in [7, 11) is -2.28. The van der Waals surface area contributed by atoms with Gasteiger partial charge in [-0.15, -0.1) is 70.6 Å². The van der Waals surface area contributed by atoms with Crippen molar-refractivity contribution >= 4 is 137 Å². The molecule has 2 amide bonds. The van der Waals surface area contributed by atoms with Crippen LogP contribution in [-0.2, 0) is 21.6 Å². The molecule has 240 valence electrons. The summed E-state index contributed by atoms with van der Waals surface area (Å²) in [4.78, 5) is 31.5. The van der Waals surface area contributed by atoms with Crippen LogP contribution >= 0.6 is 94.1 Å². The van der Waals surface area contributed by atoms with Gasteiger partial charge >= 0.3 is 0 Å². The van der Waals surface area contributed by atoms with Gasteiger partial charge in [0.15, 0.2) is 0 Å². The van der Waals surface area contributed by atoms with Crippen LogP contribution < -0.4 is 10.6 Å². The van der Waals surface area contributed by atoms with E-state index in [-0.39, 0.29) is 29.4 Å². The number of carbonyl (C=O) groups excluding carboxylic acids is 2. The summed E-state index contributed by atoms with van der Waals surface area (Å²) < 4.78 is 23.3. The number of carbonyl (C=O) groups is 2. The zero-order chi connectivity index (χ0) is 30.2. The minimum atomic E-state index is -1.18. The lowest BCUT2D eigenvalue weighted by molar-refractivity contribution is 0.260. The van der Waals surface area contributed by atoms with Gasteiger partial charge in [0.25, 0.3) is 10.5 Å². The third-order valence-corrected chi connectivity index (χ3v) is 15.0. The highest BCUT2D eigenvalue weighted by atomic mass is 32.3. The molecule has 0 heterocycles. The van der Waals surface area contributed by atoms with Crippen LogP contribution in [0.2, 0.25) is 0 Å². The highest BCUT2D eigenvalue weighted by molar-refractivity contribution is 8.28. The van der Waals surface area contributed by atoms with E-state index in [0.29, 0.717) is 42.1 Å². The molecule has 0 bridgehead atoms. The van der Waals surface area contributed by atoms with Crippen molar-refractivity contribution < 1.29 is 28.2 Å². The van der Waals surface area contributed by atoms with Crippen molar-refractivity contribution in [2.45, 2.75) is 0 Å². The first kappa shape index (κ1) is 42.3. The molecular formula is C21H40N4O6S10. The Morgan fingerprint density at radius 2 is 1.17 bits per heavy atom. The minimum absolute atomic E-state index is 0.000921. The Bertz CT molecular complexity index is 770. The molecule has 0 aromatic heterocycles. The number of aliphatic imine (C=N–C) groups is 2. The SMILES string of the molecule is O=C(NCCSCSCCN=CS(=O)CSCSCSC(=O)NCCSCSCCN=CS(=O)CCO)SCCO. The molecule has 4 N–H and O–H groups in total. The molecule has 0 aliphatic heterocycles. The number of nitrogens with zero attached hydrogens (tertiary/aromatic N) is 2. The Morgan fingerprint density at radius 3 is 1.76 bits per heavy atom. The molecule has 10 nitrogen and oxygen atoms in total. The van der Waals surface area contributed by atoms with Crippen LogP contribution in [0.5, 0.6) is 0 Å². The summed E-state index contributed by atoms with van der Waals surface area (Å²) in [5.74, 6) is 4.02. The van der Waals surface area contributed by atoms with E-state index < -0.39 is 21.6 Å². The van der Waals surface area contributed by atoms with Crippen LogP contribution in [0.1, 0.15) is 0 Å². The molecular weight excluding hydrogens is 725 g/mol. The van der Waals surface area contributed by atoms with E-state index in [2.05, 4.69) is 20.6 Å². The standard InChI is InChI=1S/C21H40N4O6S10/c26-5-11-38-20(28)24-3-9-34-16-33-8-2-23-14-41(31)19-37-17-36-18-39-21(29)25-4-10-35-15-32-7-1-22-13-40(30)12-6-27/h13-14,26-27H,1-12,15-19H2,(H,24,28)(H,25,29). The molecule has 0 spiro atoms. The van der Waals surface area contributed by atoms with Crippen molar-refractivity contribution in [2.75, 3.05) is 99.3 Å². The minimum Gasteiger partial charge on any atom is -0.396 e. The van der Waals surface area contributed by atoms with Crippen LogP contribution in [-0.4, -0.2) is 140 Å². The number of rotatable bonds is 28. The van der Waals surface area contributed by atoms with Gasteiger partial charge in [0.2, 0.25) is 0 Å². The monoisotopic (exact) mass is 764 g/mol. The maximum absolute atomic E-state index is 12.0. The number of amides is 2. The highest BCUT2D eigenvalue weighted by Crippen LogP contribution is 2.19. The first-order chi connectivity index (χ1) is 20.0. The fraction of sp³-hybridized carbons (Fsp3) is 0.810.